The highest BCUT2D eigenvalue weighted by Gasteiger charge is 2.26. The molecule has 1 saturated heterocycles. The van der Waals surface area contributed by atoms with E-state index in [1.807, 2.05) is 4.90 Å². The minimum absolute atomic E-state index is 0.141. The maximum absolute atomic E-state index is 11.2. The molecule has 0 aromatic carbocycles. The summed E-state index contributed by atoms with van der Waals surface area (Å²) in [6.45, 7) is 1.89. The van der Waals surface area contributed by atoms with Crippen LogP contribution in [0, 0.1) is 5.41 Å². The molecule has 0 aromatic rings. The molecule has 1 aliphatic heterocycles. The monoisotopic (exact) mass is 219 g/mol. The normalized spacial score (nSPS) is 20.9. The molecule has 0 atom stereocenters. The average Bonchev–Trinajstić information content (AvgIpc) is 2.02. The summed E-state index contributed by atoms with van der Waals surface area (Å²) in [5, 5.41) is 6.92. The first-order valence-corrected chi connectivity index (χ1v) is 6.59. The molecule has 0 radical (unpaired) electrons. The number of nitrogens with two attached hydrogens (primary N) is 1. The van der Waals surface area contributed by atoms with Crippen LogP contribution >= 0.6 is 0 Å². The zero-order valence-electron chi connectivity index (χ0n) is 8.36. The van der Waals surface area contributed by atoms with Gasteiger partial charge < -0.3 is 5.73 Å². The van der Waals surface area contributed by atoms with Crippen LogP contribution in [0.5, 0.6) is 0 Å². The molecular weight excluding hydrogens is 202 g/mol. The van der Waals surface area contributed by atoms with E-state index in [0.29, 0.717) is 19.4 Å². The molecule has 1 fully saturated rings. The van der Waals surface area contributed by atoms with Gasteiger partial charge in [0.2, 0.25) is 0 Å². The molecule has 0 bridgehead atoms. The van der Waals surface area contributed by atoms with E-state index in [0.717, 1.165) is 13.1 Å². The molecule has 0 aromatic heterocycles. The maximum Gasteiger partial charge on any atom is 0.150 e. The minimum Gasteiger partial charge on any atom is -0.387 e. The molecule has 1 aliphatic rings. The van der Waals surface area contributed by atoms with Crippen LogP contribution in [-0.4, -0.2) is 50.3 Å². The number of hydrogen-bond donors (Lipinski definition) is 2. The van der Waals surface area contributed by atoms with Gasteiger partial charge in [0.25, 0.3) is 0 Å². The smallest absolute Gasteiger partial charge is 0.150 e. The second-order valence-electron chi connectivity index (χ2n) is 3.83. The fraction of sp³-hybridized carbons (Fsp3) is 0.875. The van der Waals surface area contributed by atoms with Gasteiger partial charge in [0.15, 0.2) is 0 Å². The number of piperidine rings is 1. The number of sulfone groups is 1. The van der Waals surface area contributed by atoms with Gasteiger partial charge in [0.1, 0.15) is 15.7 Å². The Bertz CT molecular complexity index is 305. The summed E-state index contributed by atoms with van der Waals surface area (Å²) in [5.74, 6) is 0.141. The van der Waals surface area contributed by atoms with Gasteiger partial charge in [-0.2, -0.15) is 0 Å². The van der Waals surface area contributed by atoms with E-state index in [1.54, 1.807) is 0 Å². The fourth-order valence-electron chi connectivity index (χ4n) is 1.74. The van der Waals surface area contributed by atoms with Crippen LogP contribution < -0.4 is 5.73 Å². The molecule has 0 spiro atoms. The SMILES string of the molecule is CS(=O)(=O)C1CCN(CC(=N)N)CC1. The molecule has 82 valence electrons. The first-order chi connectivity index (χ1) is 6.39. The second kappa shape index (κ2) is 4.27. The summed E-state index contributed by atoms with van der Waals surface area (Å²) >= 11 is 0. The predicted octanol–water partition coefficient (Wildman–Crippen LogP) is -0.569. The van der Waals surface area contributed by atoms with Crippen LogP contribution in [0.3, 0.4) is 0 Å². The van der Waals surface area contributed by atoms with Gasteiger partial charge in [-0.3, -0.25) is 10.3 Å². The Morgan fingerprint density at radius 1 is 1.50 bits per heavy atom. The largest absolute Gasteiger partial charge is 0.387 e. The Labute approximate surface area is 84.7 Å². The lowest BCUT2D eigenvalue weighted by Crippen LogP contribution is -2.42. The van der Waals surface area contributed by atoms with Gasteiger partial charge in [0.05, 0.1) is 11.8 Å². The van der Waals surface area contributed by atoms with Gasteiger partial charge in [-0.15, -0.1) is 0 Å². The molecular formula is C8H17N3O2S. The summed E-state index contributed by atoms with van der Waals surface area (Å²) in [5.41, 5.74) is 5.27. The van der Waals surface area contributed by atoms with Crippen molar-refractivity contribution < 1.29 is 8.42 Å². The highest BCUT2D eigenvalue weighted by atomic mass is 32.2. The Kier molecular flexibility index (Phi) is 3.49. The standard InChI is InChI=1S/C8H17N3O2S/c1-14(12,13)7-2-4-11(5-3-7)6-8(9)10/h7H,2-6H2,1H3,(H3,9,10). The quantitative estimate of drug-likeness (QED) is 0.491. The molecule has 0 saturated carbocycles. The lowest BCUT2D eigenvalue weighted by atomic mass is 10.1. The maximum atomic E-state index is 11.2. The average molecular weight is 219 g/mol. The minimum atomic E-state index is -2.89. The van der Waals surface area contributed by atoms with Crippen molar-refractivity contribution in [3.63, 3.8) is 0 Å². The summed E-state index contributed by atoms with van der Waals surface area (Å²) in [4.78, 5) is 2.02. The third-order valence-corrected chi connectivity index (χ3v) is 4.22. The van der Waals surface area contributed by atoms with Gasteiger partial charge in [-0.05, 0) is 25.9 Å². The van der Waals surface area contributed by atoms with Crippen LogP contribution in [0.2, 0.25) is 0 Å². The van der Waals surface area contributed by atoms with Crippen molar-refractivity contribution >= 4 is 15.7 Å². The van der Waals surface area contributed by atoms with E-state index >= 15 is 0 Å². The van der Waals surface area contributed by atoms with E-state index in [2.05, 4.69) is 0 Å². The van der Waals surface area contributed by atoms with E-state index in [-0.39, 0.29) is 11.1 Å². The summed E-state index contributed by atoms with van der Waals surface area (Å²) in [6.07, 6.45) is 2.61. The van der Waals surface area contributed by atoms with E-state index < -0.39 is 9.84 Å². The first kappa shape index (κ1) is 11.5. The Morgan fingerprint density at radius 2 is 2.00 bits per heavy atom. The van der Waals surface area contributed by atoms with Crippen LogP contribution in [-0.2, 0) is 9.84 Å². The molecule has 0 amide bonds. The van der Waals surface area contributed by atoms with Gasteiger partial charge in [0, 0.05) is 6.26 Å². The van der Waals surface area contributed by atoms with Gasteiger partial charge in [-0.1, -0.05) is 0 Å². The van der Waals surface area contributed by atoms with E-state index in [4.69, 9.17) is 11.1 Å². The molecule has 1 heterocycles. The van der Waals surface area contributed by atoms with Crippen molar-refractivity contribution in [2.45, 2.75) is 18.1 Å². The van der Waals surface area contributed by atoms with Crippen molar-refractivity contribution in [3.8, 4) is 0 Å². The second-order valence-corrected chi connectivity index (χ2v) is 6.16. The number of likely N-dealkylation sites (tertiary alicyclic amines) is 1. The molecule has 6 heteroatoms. The van der Waals surface area contributed by atoms with Crippen molar-refractivity contribution in [2.24, 2.45) is 5.73 Å². The third kappa shape index (κ3) is 3.26. The number of amidine groups is 1. The van der Waals surface area contributed by atoms with Crippen molar-refractivity contribution in [3.05, 3.63) is 0 Å². The lowest BCUT2D eigenvalue weighted by molar-refractivity contribution is 0.258. The van der Waals surface area contributed by atoms with Gasteiger partial charge in [-0.25, -0.2) is 8.42 Å². The number of rotatable bonds is 3. The Morgan fingerprint density at radius 3 is 2.36 bits per heavy atom. The molecule has 5 nitrogen and oxygen atoms in total. The zero-order chi connectivity index (χ0) is 10.8. The van der Waals surface area contributed by atoms with Crippen LogP contribution in [0.25, 0.3) is 0 Å². The number of nitrogens with zero attached hydrogens (tertiary/aromatic N) is 1. The molecule has 0 unspecified atom stereocenters. The van der Waals surface area contributed by atoms with Crippen LogP contribution in [0.15, 0.2) is 0 Å². The first-order valence-electron chi connectivity index (χ1n) is 4.63. The Hall–Kier alpha value is -0.620. The molecule has 14 heavy (non-hydrogen) atoms. The van der Waals surface area contributed by atoms with Crippen molar-refractivity contribution in [2.75, 3.05) is 25.9 Å². The van der Waals surface area contributed by atoms with Crippen molar-refractivity contribution in [1.82, 2.24) is 4.90 Å². The highest BCUT2D eigenvalue weighted by Crippen LogP contribution is 2.16. The molecule has 3 N–H and O–H groups in total. The van der Waals surface area contributed by atoms with Crippen molar-refractivity contribution in [1.29, 1.82) is 5.41 Å². The van der Waals surface area contributed by atoms with Gasteiger partial charge >= 0.3 is 0 Å². The Balaban J connectivity index is 2.43. The third-order valence-electron chi connectivity index (χ3n) is 2.53. The fourth-order valence-corrected chi connectivity index (χ4v) is 2.80. The summed E-state index contributed by atoms with van der Waals surface area (Å²) in [6, 6.07) is 0. The summed E-state index contributed by atoms with van der Waals surface area (Å²) in [7, 11) is -2.89. The molecule has 0 aliphatic carbocycles. The zero-order valence-corrected chi connectivity index (χ0v) is 9.18. The van der Waals surface area contributed by atoms with E-state index in [9.17, 15) is 8.42 Å². The highest BCUT2D eigenvalue weighted by molar-refractivity contribution is 7.91. The summed E-state index contributed by atoms with van der Waals surface area (Å²) < 4.78 is 22.5. The van der Waals surface area contributed by atoms with Crippen LogP contribution in [0.4, 0.5) is 0 Å². The number of nitrogens with one attached hydrogen (secondary N) is 1. The molecule has 1 rings (SSSR count). The van der Waals surface area contributed by atoms with Crippen LogP contribution in [0.1, 0.15) is 12.8 Å². The van der Waals surface area contributed by atoms with E-state index in [1.165, 1.54) is 6.26 Å². The lowest BCUT2D eigenvalue weighted by Gasteiger charge is -2.30. The topological polar surface area (TPSA) is 87.2 Å². The number of hydrogen-bond acceptors (Lipinski definition) is 4. The predicted molar refractivity (Wildman–Crippen MR) is 56.2 cm³/mol.